The van der Waals surface area contributed by atoms with Gasteiger partial charge in [-0.1, -0.05) is 45.9 Å². The van der Waals surface area contributed by atoms with Crippen molar-refractivity contribution < 1.29 is 72.5 Å². The van der Waals surface area contributed by atoms with E-state index in [1.54, 1.807) is 45.6 Å². The fraction of sp³-hybridized carbons (Fsp3) is 0.491. The number of allylic oxidation sites excluding steroid dienone is 4. The lowest BCUT2D eigenvalue weighted by Gasteiger charge is -2.38. The highest BCUT2D eigenvalue weighted by Gasteiger charge is 2.54. The van der Waals surface area contributed by atoms with E-state index in [0.717, 1.165) is 29.7 Å². The molecule has 20 heteroatoms. The zero-order chi connectivity index (χ0) is 56.0. The Bertz CT molecular complexity index is 3230. The number of nitrogens with zero attached hydrogens (tertiary/aromatic N) is 3. The average Bonchev–Trinajstić information content (AvgIpc) is 4.11. The molecule has 1 saturated carbocycles. The van der Waals surface area contributed by atoms with Crippen molar-refractivity contribution in [1.29, 1.82) is 0 Å². The predicted molar refractivity (Wildman–Crippen MR) is 276 cm³/mol. The van der Waals surface area contributed by atoms with E-state index in [1.165, 1.54) is 59.1 Å². The number of amides is 1. The van der Waals surface area contributed by atoms with Crippen molar-refractivity contribution in [3.8, 4) is 11.5 Å². The van der Waals surface area contributed by atoms with Gasteiger partial charge in [0, 0.05) is 93.8 Å². The second-order valence-electron chi connectivity index (χ2n) is 21.9. The Hall–Kier alpha value is -7.16. The Labute approximate surface area is 443 Å². The maximum atomic E-state index is 16.4. The third-order valence-corrected chi connectivity index (χ3v) is 16.7. The average molecular weight is 1070 g/mol. The van der Waals surface area contributed by atoms with Gasteiger partial charge in [-0.3, -0.25) is 33.2 Å². The number of aromatic hydroxyl groups is 1. The molecule has 0 spiro atoms. The minimum Gasteiger partial charge on any atom is -0.507 e. The summed E-state index contributed by atoms with van der Waals surface area (Å²) in [6.07, 6.45) is 5.72. The SMILES string of the molecule is CO[C@H]1/C=C/O[C@@]2(C)Oc3c(C)c(O)c4c(c3C2=O)C(=O)C(N2CC3CN(c5c(F)cn6c(=O)c(C(=O)O)cc(C7CC7)c6c5C)CC3C2)=C(NC(=O)/C(C)=C\C=C\[C@@H](C)[C@H](O)[C@@H](C)[C@@H](O)[C@@H](C)[C@H](OC(C)=O)[C@@H]1C)C4=O. The van der Waals surface area contributed by atoms with Gasteiger partial charge in [0.25, 0.3) is 17.2 Å². The van der Waals surface area contributed by atoms with Crippen LogP contribution < -0.4 is 20.5 Å². The van der Waals surface area contributed by atoms with Crippen molar-refractivity contribution in [3.05, 3.63) is 115 Å². The number of carboxylic acids is 1. The van der Waals surface area contributed by atoms with E-state index in [2.05, 4.69) is 5.32 Å². The highest BCUT2D eigenvalue weighted by molar-refractivity contribution is 6.32. The number of anilines is 1. The number of carboxylic acid groups (broad SMARTS) is 1. The minimum atomic E-state index is -2.17. The second-order valence-corrected chi connectivity index (χ2v) is 21.9. The number of Topliss-reactive ketones (excluding diaryl/α,β-unsaturated/α-hetero) is 3. The van der Waals surface area contributed by atoms with E-state index in [4.69, 9.17) is 18.9 Å². The van der Waals surface area contributed by atoms with Crippen LogP contribution in [0.15, 0.2) is 64.6 Å². The summed E-state index contributed by atoms with van der Waals surface area (Å²) < 4.78 is 41.3. The smallest absolute Gasteiger partial charge is 0.341 e. The van der Waals surface area contributed by atoms with E-state index in [0.29, 0.717) is 16.6 Å². The third-order valence-electron chi connectivity index (χ3n) is 16.7. The van der Waals surface area contributed by atoms with Crippen LogP contribution in [0.1, 0.15) is 125 Å². The molecule has 0 radical (unpaired) electrons. The number of aromatic nitrogens is 1. The number of pyridine rings is 2. The molecular formula is C57H65FN4O15. The monoisotopic (exact) mass is 1060 g/mol. The number of fused-ring (bicyclic) bond motifs is 16. The van der Waals surface area contributed by atoms with Crippen LogP contribution in [0.3, 0.4) is 0 Å². The molecule has 2 aliphatic carbocycles. The Morgan fingerprint density at radius 1 is 0.857 bits per heavy atom. The van der Waals surface area contributed by atoms with Crippen LogP contribution in [0.25, 0.3) is 5.52 Å². The van der Waals surface area contributed by atoms with Crippen molar-refractivity contribution in [3.63, 3.8) is 0 Å². The first kappa shape index (κ1) is 54.6. The Morgan fingerprint density at radius 3 is 2.12 bits per heavy atom. The van der Waals surface area contributed by atoms with E-state index in [9.17, 15) is 44.4 Å². The molecule has 10 rings (SSSR count). The normalized spacial score (nSPS) is 31.4. The number of aliphatic hydroxyl groups excluding tert-OH is 2. The molecule has 5 N–H and O–H groups in total. The number of aromatic carboxylic acids is 1. The van der Waals surface area contributed by atoms with E-state index in [-0.39, 0.29) is 77.8 Å². The van der Waals surface area contributed by atoms with E-state index < -0.39 is 129 Å². The number of phenolic OH excluding ortho intramolecular Hbond substituents is 1. The number of aryl methyl sites for hydroxylation is 1. The minimum absolute atomic E-state index is 0.0147. The van der Waals surface area contributed by atoms with Gasteiger partial charge < -0.3 is 54.5 Å². The molecule has 3 aromatic rings. The molecule has 7 heterocycles. The molecule has 5 aliphatic heterocycles. The molecule has 5 bridgehead atoms. The van der Waals surface area contributed by atoms with Gasteiger partial charge in [-0.15, -0.1) is 0 Å². The summed E-state index contributed by atoms with van der Waals surface area (Å²) >= 11 is 0. The molecule has 1 aromatic carbocycles. The molecule has 410 valence electrons. The number of methoxy groups -OCH3 is 1. The maximum Gasteiger partial charge on any atom is 0.341 e. The maximum absolute atomic E-state index is 16.4. The molecule has 11 atom stereocenters. The van der Waals surface area contributed by atoms with Crippen LogP contribution in [0.5, 0.6) is 11.5 Å². The van der Waals surface area contributed by atoms with Crippen LogP contribution in [-0.2, 0) is 23.8 Å². The van der Waals surface area contributed by atoms with Crippen LogP contribution >= 0.6 is 0 Å². The summed E-state index contributed by atoms with van der Waals surface area (Å²) in [5.74, 6) is -12.5. The molecule has 1 amide bonds. The summed E-state index contributed by atoms with van der Waals surface area (Å²) in [5, 5.41) is 47.5. The van der Waals surface area contributed by atoms with Crippen molar-refractivity contribution >= 4 is 46.4 Å². The van der Waals surface area contributed by atoms with Crippen molar-refractivity contribution in [2.75, 3.05) is 38.2 Å². The molecule has 2 unspecified atom stereocenters. The van der Waals surface area contributed by atoms with Gasteiger partial charge in [0.05, 0.1) is 58.7 Å². The predicted octanol–water partition coefficient (Wildman–Crippen LogP) is 5.66. The number of ether oxygens (including phenoxy) is 4. The van der Waals surface area contributed by atoms with Crippen molar-refractivity contribution in [2.24, 2.45) is 35.5 Å². The summed E-state index contributed by atoms with van der Waals surface area (Å²) in [6.45, 7) is 14.7. The van der Waals surface area contributed by atoms with Gasteiger partial charge in [0.2, 0.25) is 11.6 Å². The summed E-state index contributed by atoms with van der Waals surface area (Å²) in [4.78, 5) is 101. The number of hydrogen-bond acceptors (Lipinski definition) is 16. The molecule has 77 heavy (non-hydrogen) atoms. The topological polar surface area (TPSA) is 260 Å². The number of esters is 1. The van der Waals surface area contributed by atoms with Gasteiger partial charge in [-0.2, -0.15) is 0 Å². The molecule has 2 aromatic heterocycles. The Balaban J connectivity index is 1.10. The highest BCUT2D eigenvalue weighted by atomic mass is 19.1. The number of hydrogen-bond donors (Lipinski definition) is 5. The van der Waals surface area contributed by atoms with Crippen molar-refractivity contribution in [1.82, 2.24) is 14.6 Å². The van der Waals surface area contributed by atoms with Crippen molar-refractivity contribution in [2.45, 2.75) is 111 Å². The largest absolute Gasteiger partial charge is 0.507 e. The highest BCUT2D eigenvalue weighted by Crippen LogP contribution is 2.50. The van der Waals surface area contributed by atoms with E-state index >= 15 is 14.0 Å². The molecule has 2 saturated heterocycles. The van der Waals surface area contributed by atoms with Gasteiger partial charge in [-0.05, 0) is 62.8 Å². The molecule has 7 aliphatic rings. The molecule has 19 nitrogen and oxygen atoms in total. The number of benzene rings is 1. The third kappa shape index (κ3) is 9.30. The fourth-order valence-corrected chi connectivity index (χ4v) is 12.2. The fourth-order valence-electron chi connectivity index (χ4n) is 12.2. The van der Waals surface area contributed by atoms with E-state index in [1.807, 2.05) is 4.90 Å². The number of ketones is 3. The zero-order valence-electron chi connectivity index (χ0n) is 44.6. The second kappa shape index (κ2) is 20.3. The lowest BCUT2D eigenvalue weighted by Crippen LogP contribution is -2.46. The number of phenols is 1. The van der Waals surface area contributed by atoms with Crippen LogP contribution in [0, 0.1) is 55.2 Å². The first-order chi connectivity index (χ1) is 36.3. The number of nitrogens with one attached hydrogen (secondary N) is 1. The molecular weight excluding hydrogens is 1000 g/mol. The number of likely N-dealkylation sites (tertiary alicyclic amines) is 1. The van der Waals surface area contributed by atoms with Gasteiger partial charge in [-0.25, -0.2) is 9.18 Å². The number of rotatable bonds is 6. The van der Waals surface area contributed by atoms with Gasteiger partial charge >= 0.3 is 17.7 Å². The van der Waals surface area contributed by atoms with Crippen LogP contribution in [0.4, 0.5) is 10.1 Å². The molecule has 3 fully saturated rings. The lowest BCUT2D eigenvalue weighted by molar-refractivity contribution is -0.160. The first-order valence-electron chi connectivity index (χ1n) is 26.0. The Morgan fingerprint density at radius 2 is 1.51 bits per heavy atom. The summed E-state index contributed by atoms with van der Waals surface area (Å²) in [7, 11) is 1.41. The summed E-state index contributed by atoms with van der Waals surface area (Å²) in [5.41, 5.74) is -1.41. The standard InChI is InChI=1S/C57H65FN4O15/c1-24-12-11-13-25(2)54(70)59-42-45(61-21-33-19-60(20-34(33)22-61)44-27(4)43-35(32-14-15-32)18-36(56(72)73)55(71)62(43)23-37(44)58)50(68)39-40(49(42)67)48(66)30(7)52-41(39)53(69)57(9,77-52)75-17-16-38(74-10)26(3)51(76-31(8)63)29(6)47(65)28(5)46(24)64/h11-13,16-18,23-24,26,28-29,32-34,38,46-47,51,64-66H,14-15,19-22H2,1-10H3,(H,59,70)(H,72,73)/b12-11+,17-16+,25-13-/t24-,26-,28-,29-,33?,34?,38+,46+,47-,51-,57+/m1/s1. The Kier molecular flexibility index (Phi) is 14.4. The zero-order valence-corrected chi connectivity index (χ0v) is 44.6. The quantitative estimate of drug-likeness (QED) is 0.187. The number of carbonyl (C=O) groups is 6. The lowest BCUT2D eigenvalue weighted by atomic mass is 9.78. The van der Waals surface area contributed by atoms with Gasteiger partial charge in [0.15, 0.2) is 5.82 Å². The van der Waals surface area contributed by atoms with Crippen LogP contribution in [-0.4, -0.2) is 128 Å². The summed E-state index contributed by atoms with van der Waals surface area (Å²) in [6, 6.07) is 1.40. The number of carbonyl (C=O) groups excluding carboxylic acids is 5. The number of aliphatic hydroxyl groups is 2. The van der Waals surface area contributed by atoms with Gasteiger partial charge in [0.1, 0.15) is 34.6 Å². The van der Waals surface area contributed by atoms with Crippen LogP contribution in [0.2, 0.25) is 0 Å². The number of halogens is 1. The first-order valence-corrected chi connectivity index (χ1v) is 26.0.